The molecule has 2 atom stereocenters. The molecule has 1 aliphatic rings. The van der Waals surface area contributed by atoms with Crippen molar-refractivity contribution >= 4 is 22.1 Å². The van der Waals surface area contributed by atoms with E-state index < -0.39 is 11.7 Å². The largest absolute Gasteiger partial charge is 0.385 e. The Kier molecular flexibility index (Phi) is 4.57. The summed E-state index contributed by atoms with van der Waals surface area (Å²) >= 11 is 3.19. The molecule has 6 nitrogen and oxygen atoms in total. The summed E-state index contributed by atoms with van der Waals surface area (Å²) < 4.78 is 5.47. The number of dihydropyridines is 1. The molecule has 90 valence electrons. The van der Waals surface area contributed by atoms with Crippen molar-refractivity contribution < 1.29 is 9.66 Å². The summed E-state index contributed by atoms with van der Waals surface area (Å²) in [6.07, 6.45) is 3.03. The summed E-state index contributed by atoms with van der Waals surface area (Å²) in [5.74, 6) is 0. The first-order chi connectivity index (χ1) is 7.53. The number of halogens is 1. The normalized spacial score (nSPS) is 28.9. The lowest BCUT2D eigenvalue weighted by molar-refractivity contribution is -0.560. The molecule has 1 aliphatic heterocycles. The van der Waals surface area contributed by atoms with Crippen LogP contribution in [0.5, 0.6) is 0 Å². The van der Waals surface area contributed by atoms with Gasteiger partial charge in [-0.1, -0.05) is 0 Å². The van der Waals surface area contributed by atoms with Crippen LogP contribution in [0.1, 0.15) is 12.8 Å². The second-order valence-electron chi connectivity index (χ2n) is 3.60. The molecule has 16 heavy (non-hydrogen) atoms. The van der Waals surface area contributed by atoms with Crippen molar-refractivity contribution in [1.29, 1.82) is 0 Å². The van der Waals surface area contributed by atoms with Gasteiger partial charge in [0.25, 0.3) is 5.54 Å². The molecule has 0 radical (unpaired) electrons. The number of hydrogen-bond acceptors (Lipinski definition) is 5. The minimum atomic E-state index is -1.33. The van der Waals surface area contributed by atoms with Crippen molar-refractivity contribution in [3.05, 3.63) is 20.7 Å². The van der Waals surface area contributed by atoms with E-state index in [1.165, 1.54) is 12.3 Å². The van der Waals surface area contributed by atoms with Gasteiger partial charge in [0.05, 0.1) is 0 Å². The second-order valence-corrected chi connectivity index (χ2v) is 4.51. The van der Waals surface area contributed by atoms with Gasteiger partial charge in [0.15, 0.2) is 6.17 Å². The van der Waals surface area contributed by atoms with Crippen LogP contribution in [0.4, 0.5) is 0 Å². The van der Waals surface area contributed by atoms with Crippen LogP contribution in [-0.4, -0.2) is 36.6 Å². The Bertz CT molecular complexity index is 332. The number of nitrogens with two attached hydrogens (primary N) is 1. The van der Waals surface area contributed by atoms with Crippen LogP contribution >= 0.6 is 15.9 Å². The van der Waals surface area contributed by atoms with Crippen molar-refractivity contribution in [2.45, 2.75) is 24.5 Å². The average Bonchev–Trinajstić information content (AvgIpc) is 2.23. The van der Waals surface area contributed by atoms with E-state index in [1.54, 1.807) is 7.11 Å². The number of rotatable bonds is 5. The van der Waals surface area contributed by atoms with E-state index in [1.807, 2.05) is 0 Å². The van der Waals surface area contributed by atoms with Gasteiger partial charge in [-0.2, -0.15) is 0 Å². The van der Waals surface area contributed by atoms with Crippen LogP contribution in [-0.2, 0) is 4.74 Å². The van der Waals surface area contributed by atoms with Crippen molar-refractivity contribution in [1.82, 2.24) is 0 Å². The maximum absolute atomic E-state index is 11.2. The van der Waals surface area contributed by atoms with E-state index >= 15 is 0 Å². The van der Waals surface area contributed by atoms with Gasteiger partial charge < -0.3 is 10.5 Å². The molecule has 1 rings (SSSR count). The fraction of sp³-hybridized carbons (Fsp3) is 0.667. The van der Waals surface area contributed by atoms with Crippen LogP contribution in [0.2, 0.25) is 0 Å². The first-order valence-corrected chi connectivity index (χ1v) is 5.63. The summed E-state index contributed by atoms with van der Waals surface area (Å²) in [7, 11) is 1.56. The van der Waals surface area contributed by atoms with Gasteiger partial charge in [-0.25, -0.2) is 0 Å². The quantitative estimate of drug-likeness (QED) is 0.466. The summed E-state index contributed by atoms with van der Waals surface area (Å²) in [5.41, 5.74) is 4.39. The zero-order valence-electron chi connectivity index (χ0n) is 8.93. The molecule has 0 spiro atoms. The van der Waals surface area contributed by atoms with E-state index in [-0.39, 0.29) is 4.92 Å². The first-order valence-electron chi connectivity index (χ1n) is 4.83. The van der Waals surface area contributed by atoms with Gasteiger partial charge in [0, 0.05) is 41.8 Å². The number of nitro groups is 1. The number of allylic oxidation sites excluding steroid dienone is 1. The lowest BCUT2D eigenvalue weighted by atomic mass is 9.89. The number of methoxy groups -OCH3 is 1. The standard InChI is InChI=1S/C9H14BrN3O3/c1-16-4-2-3-9(13(14)15)5-7(10)6-12-8(9)11/h5-6,8H,2-4,11H2,1H3. The lowest BCUT2D eigenvalue weighted by Crippen LogP contribution is -2.53. The Balaban J connectivity index is 2.87. The third-order valence-electron chi connectivity index (χ3n) is 2.52. The monoisotopic (exact) mass is 291 g/mol. The van der Waals surface area contributed by atoms with Crippen molar-refractivity contribution in [3.63, 3.8) is 0 Å². The highest BCUT2D eigenvalue weighted by Crippen LogP contribution is 2.29. The minimum Gasteiger partial charge on any atom is -0.385 e. The molecule has 0 fully saturated rings. The van der Waals surface area contributed by atoms with Crippen molar-refractivity contribution in [3.8, 4) is 0 Å². The van der Waals surface area contributed by atoms with Crippen LogP contribution < -0.4 is 5.73 Å². The molecule has 0 aromatic carbocycles. The highest BCUT2D eigenvalue weighted by molar-refractivity contribution is 9.12. The van der Waals surface area contributed by atoms with Crippen molar-refractivity contribution in [2.75, 3.05) is 13.7 Å². The Hall–Kier alpha value is -0.790. The molecule has 0 aromatic heterocycles. The lowest BCUT2D eigenvalue weighted by Gasteiger charge is -2.27. The average molecular weight is 292 g/mol. The molecule has 0 aromatic rings. The Morgan fingerprint density at radius 3 is 3.06 bits per heavy atom. The first kappa shape index (κ1) is 13.3. The molecule has 0 bridgehead atoms. The van der Waals surface area contributed by atoms with E-state index in [0.717, 1.165) is 0 Å². The summed E-state index contributed by atoms with van der Waals surface area (Å²) in [6.45, 7) is 0.470. The molecule has 0 saturated heterocycles. The van der Waals surface area contributed by atoms with Crippen LogP contribution in [0.3, 0.4) is 0 Å². The van der Waals surface area contributed by atoms with Gasteiger partial charge >= 0.3 is 0 Å². The minimum absolute atomic E-state index is 0.307. The predicted molar refractivity (Wildman–Crippen MR) is 64.3 cm³/mol. The third kappa shape index (κ3) is 2.66. The van der Waals surface area contributed by atoms with E-state index in [0.29, 0.717) is 23.9 Å². The Morgan fingerprint density at radius 1 is 1.81 bits per heavy atom. The molecule has 2 N–H and O–H groups in total. The molecule has 1 heterocycles. The fourth-order valence-corrected chi connectivity index (χ4v) is 2.13. The molecular weight excluding hydrogens is 278 g/mol. The second kappa shape index (κ2) is 5.51. The van der Waals surface area contributed by atoms with Gasteiger partial charge in [-0.05, 0) is 22.4 Å². The summed E-state index contributed by atoms with van der Waals surface area (Å²) in [5, 5.41) is 11.2. The highest BCUT2D eigenvalue weighted by atomic mass is 79.9. The van der Waals surface area contributed by atoms with Gasteiger partial charge in [-0.15, -0.1) is 0 Å². The van der Waals surface area contributed by atoms with E-state index in [9.17, 15) is 10.1 Å². The molecule has 2 unspecified atom stereocenters. The Labute approximate surface area is 102 Å². The third-order valence-corrected chi connectivity index (χ3v) is 2.96. The van der Waals surface area contributed by atoms with E-state index in [2.05, 4.69) is 20.9 Å². The maximum Gasteiger partial charge on any atom is 0.276 e. The maximum atomic E-state index is 11.2. The number of hydrogen-bond donors (Lipinski definition) is 1. The number of aliphatic imine (C=N–C) groups is 1. The zero-order valence-corrected chi connectivity index (χ0v) is 10.5. The topological polar surface area (TPSA) is 90.8 Å². The fourth-order valence-electron chi connectivity index (χ4n) is 1.61. The van der Waals surface area contributed by atoms with Crippen LogP contribution in [0.25, 0.3) is 0 Å². The number of ether oxygens (including phenoxy) is 1. The Morgan fingerprint density at radius 2 is 2.50 bits per heavy atom. The zero-order chi connectivity index (χ0) is 12.2. The highest BCUT2D eigenvalue weighted by Gasteiger charge is 2.48. The van der Waals surface area contributed by atoms with Crippen LogP contribution in [0, 0.1) is 10.1 Å². The molecule has 0 aliphatic carbocycles. The predicted octanol–water partition coefficient (Wildman–Crippen LogP) is 1.08. The summed E-state index contributed by atoms with van der Waals surface area (Å²) in [4.78, 5) is 14.7. The van der Waals surface area contributed by atoms with Gasteiger partial charge in [0.1, 0.15) is 0 Å². The molecular formula is C9H14BrN3O3. The van der Waals surface area contributed by atoms with Crippen molar-refractivity contribution in [2.24, 2.45) is 10.7 Å². The van der Waals surface area contributed by atoms with Crippen LogP contribution in [0.15, 0.2) is 15.6 Å². The van der Waals surface area contributed by atoms with E-state index in [4.69, 9.17) is 10.5 Å². The SMILES string of the molecule is COCCCC1([N+](=O)[O-])C=C(Br)C=NC1N. The van der Waals surface area contributed by atoms with Gasteiger partial charge in [-0.3, -0.25) is 15.1 Å². The smallest absolute Gasteiger partial charge is 0.276 e. The molecule has 7 heteroatoms. The van der Waals surface area contributed by atoms with Gasteiger partial charge in [0.2, 0.25) is 0 Å². The molecule has 0 saturated carbocycles. The summed E-state index contributed by atoms with van der Waals surface area (Å²) in [6, 6.07) is 0. The number of nitrogens with zero attached hydrogens (tertiary/aromatic N) is 2. The molecule has 0 amide bonds.